The van der Waals surface area contributed by atoms with Gasteiger partial charge >= 0.3 is 5.69 Å². The number of carbonyl (C=O) groups excluding carboxylic acids is 1. The number of nitrogens with one attached hydrogen (secondary N) is 2. The van der Waals surface area contributed by atoms with E-state index in [1.807, 2.05) is 13.8 Å². The maximum absolute atomic E-state index is 11.6. The highest BCUT2D eigenvalue weighted by atomic mass is 32.2. The molecule has 4 N–H and O–H groups in total. The molecule has 1 aromatic heterocycles. The largest absolute Gasteiger partial charge is 0.368 e. The van der Waals surface area contributed by atoms with Crippen molar-refractivity contribution in [3.8, 4) is 0 Å². The fourth-order valence-corrected chi connectivity index (χ4v) is 2.82. The van der Waals surface area contributed by atoms with Crippen LogP contribution in [0.25, 0.3) is 0 Å². The minimum Gasteiger partial charge on any atom is -0.368 e. The molecule has 1 rings (SSSR count). The van der Waals surface area contributed by atoms with Crippen molar-refractivity contribution in [3.63, 3.8) is 0 Å². The van der Waals surface area contributed by atoms with E-state index < -0.39 is 5.54 Å². The number of primary amides is 1. The van der Waals surface area contributed by atoms with Crippen LogP contribution in [0.4, 0.5) is 0 Å². The van der Waals surface area contributed by atoms with Crippen LogP contribution >= 0.6 is 11.8 Å². The summed E-state index contributed by atoms with van der Waals surface area (Å²) in [6.07, 6.45) is 1.44. The molecule has 0 saturated heterocycles. The van der Waals surface area contributed by atoms with Crippen molar-refractivity contribution >= 4 is 17.7 Å². The van der Waals surface area contributed by atoms with E-state index >= 15 is 0 Å². The number of aromatic amines is 1. The first kappa shape index (κ1) is 16.8. The summed E-state index contributed by atoms with van der Waals surface area (Å²) in [7, 11) is 1.72. The van der Waals surface area contributed by atoms with E-state index in [1.54, 1.807) is 18.5 Å². The van der Waals surface area contributed by atoms with E-state index in [0.29, 0.717) is 11.6 Å². The zero-order valence-electron chi connectivity index (χ0n) is 12.4. The highest BCUT2D eigenvalue weighted by Crippen LogP contribution is 2.20. The van der Waals surface area contributed by atoms with Crippen molar-refractivity contribution in [2.24, 2.45) is 5.73 Å². The molecule has 1 aromatic rings. The molecule has 0 spiro atoms. The van der Waals surface area contributed by atoms with Gasteiger partial charge in [-0.3, -0.25) is 9.36 Å². The standard InChI is InChI=1S/C12H23N5O2S/c1-8(2)17-10(19)15-16-11(17)20-7-5-6-12(3,14-4)9(13)18/h8,14H,5-7H2,1-4H3,(H2,13,18)(H,15,19). The van der Waals surface area contributed by atoms with Gasteiger partial charge in [0.15, 0.2) is 5.16 Å². The molecule has 0 aliphatic heterocycles. The van der Waals surface area contributed by atoms with Crippen molar-refractivity contribution in [1.29, 1.82) is 0 Å². The smallest absolute Gasteiger partial charge is 0.344 e. The van der Waals surface area contributed by atoms with Gasteiger partial charge in [-0.1, -0.05) is 11.8 Å². The molecule has 0 aromatic carbocycles. The van der Waals surface area contributed by atoms with Crippen LogP contribution in [-0.2, 0) is 4.79 Å². The molecular formula is C12H23N5O2S. The van der Waals surface area contributed by atoms with Crippen LogP contribution < -0.4 is 16.7 Å². The molecule has 1 heterocycles. The Morgan fingerprint density at radius 3 is 2.75 bits per heavy atom. The first-order chi connectivity index (χ1) is 9.31. The Labute approximate surface area is 122 Å². The number of likely N-dealkylation sites (N-methyl/N-ethyl adjacent to an activating group) is 1. The van der Waals surface area contributed by atoms with Gasteiger partial charge in [0.1, 0.15) is 0 Å². The van der Waals surface area contributed by atoms with Crippen LogP contribution in [0.1, 0.15) is 39.7 Å². The number of nitrogens with two attached hydrogens (primary N) is 1. The van der Waals surface area contributed by atoms with Crippen molar-refractivity contribution in [3.05, 3.63) is 10.5 Å². The summed E-state index contributed by atoms with van der Waals surface area (Å²) in [4.78, 5) is 22.9. The molecule has 1 atom stereocenters. The fraction of sp³-hybridized carbons (Fsp3) is 0.750. The van der Waals surface area contributed by atoms with E-state index in [0.717, 1.165) is 12.2 Å². The van der Waals surface area contributed by atoms with Crippen molar-refractivity contribution in [2.75, 3.05) is 12.8 Å². The third kappa shape index (κ3) is 3.86. The van der Waals surface area contributed by atoms with Crippen LogP contribution in [0.5, 0.6) is 0 Å². The number of aromatic nitrogens is 3. The lowest BCUT2D eigenvalue weighted by Gasteiger charge is -2.25. The highest BCUT2D eigenvalue weighted by molar-refractivity contribution is 7.99. The van der Waals surface area contributed by atoms with E-state index in [1.165, 1.54) is 11.8 Å². The molecule has 20 heavy (non-hydrogen) atoms. The van der Waals surface area contributed by atoms with Crippen molar-refractivity contribution in [2.45, 2.75) is 50.4 Å². The number of thioether (sulfide) groups is 1. The maximum Gasteiger partial charge on any atom is 0.344 e. The molecule has 0 radical (unpaired) electrons. The Bertz CT molecular complexity index is 510. The minimum absolute atomic E-state index is 0.0666. The predicted octanol–water partition coefficient (Wildman–Crippen LogP) is 0.488. The Kier molecular flexibility index (Phi) is 5.82. The lowest BCUT2D eigenvalue weighted by Crippen LogP contribution is -2.51. The Morgan fingerprint density at radius 1 is 1.60 bits per heavy atom. The van der Waals surface area contributed by atoms with Gasteiger partial charge in [0.2, 0.25) is 5.91 Å². The third-order valence-electron chi connectivity index (χ3n) is 3.34. The number of H-pyrrole nitrogens is 1. The lowest BCUT2D eigenvalue weighted by molar-refractivity contribution is -0.123. The maximum atomic E-state index is 11.6. The van der Waals surface area contributed by atoms with Crippen LogP contribution in [-0.4, -0.2) is 39.0 Å². The van der Waals surface area contributed by atoms with Gasteiger partial charge in [-0.05, 0) is 40.7 Å². The number of rotatable bonds is 8. The van der Waals surface area contributed by atoms with E-state index in [2.05, 4.69) is 15.5 Å². The zero-order chi connectivity index (χ0) is 15.3. The summed E-state index contributed by atoms with van der Waals surface area (Å²) in [6, 6.07) is 0.0666. The molecule has 0 aliphatic carbocycles. The van der Waals surface area contributed by atoms with Crippen LogP contribution in [0.15, 0.2) is 9.95 Å². The zero-order valence-corrected chi connectivity index (χ0v) is 13.2. The topological polar surface area (TPSA) is 106 Å². The minimum atomic E-state index is -0.691. The summed E-state index contributed by atoms with van der Waals surface area (Å²) in [5.74, 6) is 0.408. The van der Waals surface area contributed by atoms with Crippen LogP contribution in [0, 0.1) is 0 Å². The molecule has 7 nitrogen and oxygen atoms in total. The molecule has 1 unspecified atom stereocenters. The first-order valence-corrected chi connectivity index (χ1v) is 7.59. The van der Waals surface area contributed by atoms with Gasteiger partial charge in [-0.25, -0.2) is 9.89 Å². The molecule has 114 valence electrons. The van der Waals surface area contributed by atoms with Gasteiger partial charge in [-0.15, -0.1) is 5.10 Å². The van der Waals surface area contributed by atoms with Gasteiger partial charge in [0, 0.05) is 11.8 Å². The predicted molar refractivity (Wildman–Crippen MR) is 79.8 cm³/mol. The quantitative estimate of drug-likeness (QED) is 0.478. The van der Waals surface area contributed by atoms with Crippen LogP contribution in [0.3, 0.4) is 0 Å². The van der Waals surface area contributed by atoms with Gasteiger partial charge in [0.25, 0.3) is 0 Å². The van der Waals surface area contributed by atoms with Gasteiger partial charge < -0.3 is 11.1 Å². The van der Waals surface area contributed by atoms with E-state index in [4.69, 9.17) is 5.73 Å². The second-order valence-corrected chi connectivity index (χ2v) is 6.24. The average molecular weight is 301 g/mol. The normalized spacial score (nSPS) is 14.4. The molecule has 0 aliphatic rings. The molecule has 8 heteroatoms. The third-order valence-corrected chi connectivity index (χ3v) is 4.38. The lowest BCUT2D eigenvalue weighted by atomic mass is 9.96. The SMILES string of the molecule is CNC(C)(CCCSc1n[nH]c(=O)n1C(C)C)C(N)=O. The Balaban J connectivity index is 2.54. The first-order valence-electron chi connectivity index (χ1n) is 6.60. The molecule has 1 amide bonds. The monoisotopic (exact) mass is 301 g/mol. The van der Waals surface area contributed by atoms with Crippen molar-refractivity contribution in [1.82, 2.24) is 20.1 Å². The van der Waals surface area contributed by atoms with Gasteiger partial charge in [-0.2, -0.15) is 0 Å². The Morgan fingerprint density at radius 2 is 2.25 bits per heavy atom. The van der Waals surface area contributed by atoms with Crippen LogP contribution in [0.2, 0.25) is 0 Å². The molecule has 0 bridgehead atoms. The summed E-state index contributed by atoms with van der Waals surface area (Å²) >= 11 is 1.50. The van der Waals surface area contributed by atoms with Gasteiger partial charge in [0.05, 0.1) is 5.54 Å². The molecule has 0 saturated carbocycles. The average Bonchev–Trinajstić information content (AvgIpc) is 2.75. The summed E-state index contributed by atoms with van der Waals surface area (Å²) in [6.45, 7) is 5.66. The highest BCUT2D eigenvalue weighted by Gasteiger charge is 2.28. The van der Waals surface area contributed by atoms with E-state index in [-0.39, 0.29) is 17.6 Å². The number of amides is 1. The fourth-order valence-electron chi connectivity index (χ4n) is 1.81. The number of hydrogen-bond acceptors (Lipinski definition) is 5. The van der Waals surface area contributed by atoms with E-state index in [9.17, 15) is 9.59 Å². The second-order valence-electron chi connectivity index (χ2n) is 5.17. The molecule has 0 fully saturated rings. The number of nitrogens with zero attached hydrogens (tertiary/aromatic N) is 2. The number of hydrogen-bond donors (Lipinski definition) is 3. The summed E-state index contributed by atoms with van der Waals surface area (Å²) in [5, 5.41) is 10.1. The number of carbonyl (C=O) groups is 1. The van der Waals surface area contributed by atoms with Crippen molar-refractivity contribution < 1.29 is 4.79 Å². The Hall–Kier alpha value is -1.28. The second kappa shape index (κ2) is 6.94. The molecular weight excluding hydrogens is 278 g/mol. The summed E-state index contributed by atoms with van der Waals surface area (Å²) in [5.41, 5.74) is 4.49. The summed E-state index contributed by atoms with van der Waals surface area (Å²) < 4.78 is 1.62.